The highest BCUT2D eigenvalue weighted by atomic mass is 16.4. The number of carbonyl (C=O) groups is 4. The van der Waals surface area contributed by atoms with Gasteiger partial charge in [-0.05, 0) is 36.6 Å². The largest absolute Gasteiger partial charge is 0.480 e. The van der Waals surface area contributed by atoms with E-state index < -0.39 is 18.4 Å². The van der Waals surface area contributed by atoms with Gasteiger partial charge in [0.15, 0.2) is 0 Å². The number of benzene rings is 2. The van der Waals surface area contributed by atoms with Gasteiger partial charge in [-0.25, -0.2) is 4.79 Å². The van der Waals surface area contributed by atoms with Crippen LogP contribution in [-0.2, 0) is 25.7 Å². The van der Waals surface area contributed by atoms with Gasteiger partial charge in [0.05, 0.1) is 47.9 Å². The number of aliphatic carboxylic acids is 1. The van der Waals surface area contributed by atoms with Crippen molar-refractivity contribution in [1.82, 2.24) is 34.5 Å². The van der Waals surface area contributed by atoms with E-state index in [0.717, 1.165) is 45.9 Å². The molecule has 4 aromatic rings. The fourth-order valence-electron chi connectivity index (χ4n) is 7.34. The molecule has 13 nitrogen and oxygen atoms in total. The predicted octanol–water partition coefficient (Wildman–Crippen LogP) is 1.46. The number of quaternary nitrogens is 1. The first-order valence-electron chi connectivity index (χ1n) is 14.1. The zero-order chi connectivity index (χ0) is 30.3. The topological polar surface area (TPSA) is 163 Å². The van der Waals surface area contributed by atoms with Crippen LogP contribution in [-0.4, -0.2) is 86.6 Å². The molecular weight excluding hydrogens is 552 g/mol. The standard InChI is InChI=1S/C30H28N8O5/c1-17(39)38-15-30(16-38)8-20(9-30)29-28-21(22-7-24-19(6-18(22)10-31)11-33-37(24)38)4-3-5-23(28)36(34-29)14-26(41)35(2)13-25(40)32-12-27(42)43/h3-7,11,20H,8-9,12-16H2,1-2H3,(H-,32,40,42,43)/p+1. The zero-order valence-corrected chi connectivity index (χ0v) is 23.7. The van der Waals surface area contributed by atoms with Crippen molar-refractivity contribution in [3.8, 4) is 17.2 Å². The third kappa shape index (κ3) is 3.94. The SMILES string of the molecule is CC(=O)[N+]12CC3(CC(C3)c3nn(CC(=O)N(C)CC(=O)NCC(=O)O)c4cccc(c34)-c3cc4c(cnn41)cc3C#N)C2. The number of rotatable bonds is 6. The van der Waals surface area contributed by atoms with Crippen LogP contribution in [0, 0.1) is 16.7 Å². The molecule has 43 heavy (non-hydrogen) atoms. The number of carboxylic acids is 1. The van der Waals surface area contributed by atoms with E-state index in [1.54, 1.807) is 17.8 Å². The second-order valence-corrected chi connectivity index (χ2v) is 12.1. The number of hydrogen-bond acceptors (Lipinski definition) is 7. The van der Waals surface area contributed by atoms with Crippen molar-refractivity contribution < 1.29 is 24.3 Å². The Hall–Kier alpha value is -5.09. The molecule has 2 fully saturated rings. The van der Waals surface area contributed by atoms with E-state index in [1.165, 1.54) is 11.9 Å². The average molecular weight is 582 g/mol. The van der Waals surface area contributed by atoms with Gasteiger partial charge in [-0.2, -0.15) is 10.4 Å². The Morgan fingerprint density at radius 2 is 1.95 bits per heavy atom. The summed E-state index contributed by atoms with van der Waals surface area (Å²) >= 11 is 0. The Morgan fingerprint density at radius 3 is 2.65 bits per heavy atom. The molecule has 0 radical (unpaired) electrons. The van der Waals surface area contributed by atoms with E-state index in [-0.39, 0.29) is 40.8 Å². The fourth-order valence-corrected chi connectivity index (χ4v) is 7.34. The highest BCUT2D eigenvalue weighted by Crippen LogP contribution is 2.59. The van der Waals surface area contributed by atoms with Crippen LogP contribution in [0.25, 0.3) is 32.9 Å². The first-order valence-corrected chi connectivity index (χ1v) is 14.1. The second-order valence-electron chi connectivity index (χ2n) is 12.1. The van der Waals surface area contributed by atoms with Crippen LogP contribution >= 0.6 is 0 Å². The average Bonchev–Trinajstić information content (AvgIpc) is 3.50. The molecule has 1 saturated heterocycles. The molecular formula is C30H29N8O5+. The van der Waals surface area contributed by atoms with Crippen LogP contribution in [0.15, 0.2) is 36.5 Å². The Morgan fingerprint density at radius 1 is 1.19 bits per heavy atom. The molecule has 3 amide bonds. The van der Waals surface area contributed by atoms with E-state index in [9.17, 15) is 24.4 Å². The summed E-state index contributed by atoms with van der Waals surface area (Å²) in [6.07, 6.45) is 3.41. The van der Waals surface area contributed by atoms with Crippen LogP contribution in [0.3, 0.4) is 0 Å². The number of nitrogens with zero attached hydrogens (tertiary/aromatic N) is 7. The van der Waals surface area contributed by atoms with Crippen molar-refractivity contribution in [3.63, 3.8) is 0 Å². The molecule has 5 aliphatic rings. The summed E-state index contributed by atoms with van der Waals surface area (Å²) in [6.45, 7) is 1.96. The summed E-state index contributed by atoms with van der Waals surface area (Å²) in [5.74, 6) is -1.97. The molecule has 0 atom stereocenters. The third-order valence-electron chi connectivity index (χ3n) is 9.32. The van der Waals surface area contributed by atoms with Gasteiger partial charge in [0.1, 0.15) is 31.7 Å². The van der Waals surface area contributed by atoms with Gasteiger partial charge in [-0.3, -0.25) is 19.1 Å². The van der Waals surface area contributed by atoms with Crippen molar-refractivity contribution in [2.45, 2.75) is 32.2 Å². The lowest BCUT2D eigenvalue weighted by Crippen LogP contribution is -2.80. The number of likely N-dealkylation sites (N-methyl/N-ethyl adjacent to an activating group) is 1. The maximum absolute atomic E-state index is 13.2. The molecule has 2 N–H and O–H groups in total. The van der Waals surface area contributed by atoms with E-state index in [4.69, 9.17) is 10.2 Å². The number of amides is 3. The van der Waals surface area contributed by atoms with E-state index in [0.29, 0.717) is 24.2 Å². The lowest BCUT2D eigenvalue weighted by Gasteiger charge is -2.60. The van der Waals surface area contributed by atoms with E-state index >= 15 is 0 Å². The number of carbonyl (C=O) groups excluding carboxylic acids is 3. The van der Waals surface area contributed by atoms with Crippen molar-refractivity contribution in [2.24, 2.45) is 5.41 Å². The van der Waals surface area contributed by atoms with Crippen LogP contribution in [0.4, 0.5) is 0 Å². The molecule has 0 unspecified atom stereocenters. The summed E-state index contributed by atoms with van der Waals surface area (Å²) in [5, 5.41) is 32.5. The first-order chi connectivity index (χ1) is 20.5. The molecule has 2 aromatic heterocycles. The summed E-state index contributed by atoms with van der Waals surface area (Å²) in [7, 11) is 1.49. The van der Waals surface area contributed by atoms with Gasteiger partial charge in [0.2, 0.25) is 11.8 Å². The Kier molecular flexibility index (Phi) is 5.73. The molecule has 1 spiro atoms. The monoisotopic (exact) mass is 581 g/mol. The number of aromatic nitrogens is 4. The van der Waals surface area contributed by atoms with Gasteiger partial charge in [-0.1, -0.05) is 16.9 Å². The first kappa shape index (κ1) is 26.8. The van der Waals surface area contributed by atoms with Gasteiger partial charge < -0.3 is 15.3 Å². The van der Waals surface area contributed by atoms with Crippen molar-refractivity contribution >= 4 is 45.5 Å². The van der Waals surface area contributed by atoms with Crippen molar-refractivity contribution in [1.29, 1.82) is 5.26 Å². The maximum Gasteiger partial charge on any atom is 0.336 e. The summed E-state index contributed by atoms with van der Waals surface area (Å²) in [6, 6.07) is 11.8. The summed E-state index contributed by atoms with van der Waals surface area (Å²) in [4.78, 5) is 52.2. The summed E-state index contributed by atoms with van der Waals surface area (Å²) in [5.41, 5.74) is 4.36. The number of hydrogen-bond donors (Lipinski definition) is 2. The van der Waals surface area contributed by atoms with Gasteiger partial charge in [0.25, 0.3) is 0 Å². The Balaban J connectivity index is 1.34. The normalized spacial score (nSPS) is 23.0. The van der Waals surface area contributed by atoms with Gasteiger partial charge in [0, 0.05) is 29.3 Å². The van der Waals surface area contributed by atoms with Gasteiger partial charge >= 0.3 is 11.9 Å². The van der Waals surface area contributed by atoms with E-state index in [2.05, 4.69) is 16.5 Å². The molecule has 218 valence electrons. The molecule has 9 rings (SSSR count). The minimum absolute atomic E-state index is 0.00632. The summed E-state index contributed by atoms with van der Waals surface area (Å²) < 4.78 is 1.77. The molecule has 1 saturated carbocycles. The van der Waals surface area contributed by atoms with Crippen LogP contribution in [0.2, 0.25) is 0 Å². The Labute approximate surface area is 245 Å². The fraction of sp³-hybridized carbons (Fsp3) is 0.367. The number of carboxylic acid groups (broad SMARTS) is 1. The molecule has 6 heterocycles. The second kappa shape index (κ2) is 9.20. The van der Waals surface area contributed by atoms with Crippen LogP contribution in [0.1, 0.15) is 36.9 Å². The quantitative estimate of drug-likeness (QED) is 0.323. The highest BCUT2D eigenvalue weighted by molar-refractivity contribution is 6.02. The van der Waals surface area contributed by atoms with Crippen LogP contribution < -0.4 is 9.91 Å². The van der Waals surface area contributed by atoms with Crippen molar-refractivity contribution in [3.05, 3.63) is 47.8 Å². The third-order valence-corrected chi connectivity index (χ3v) is 9.32. The molecule has 4 aliphatic heterocycles. The minimum Gasteiger partial charge on any atom is -0.480 e. The maximum atomic E-state index is 13.2. The smallest absolute Gasteiger partial charge is 0.336 e. The number of nitrogens with one attached hydrogen (secondary N) is 1. The lowest BCUT2D eigenvalue weighted by atomic mass is 9.56. The highest BCUT2D eigenvalue weighted by Gasteiger charge is 2.67. The molecule has 1 aliphatic carbocycles. The number of nitriles is 1. The molecule has 13 heteroatoms. The van der Waals surface area contributed by atoms with E-state index in [1.807, 2.05) is 35.1 Å². The predicted molar refractivity (Wildman–Crippen MR) is 154 cm³/mol. The van der Waals surface area contributed by atoms with Crippen LogP contribution in [0.5, 0.6) is 0 Å². The Bertz CT molecular complexity index is 1930. The lowest BCUT2D eigenvalue weighted by molar-refractivity contribution is -0.169. The van der Waals surface area contributed by atoms with Gasteiger partial charge in [-0.15, -0.1) is 9.69 Å². The van der Waals surface area contributed by atoms with Crippen molar-refractivity contribution in [2.75, 3.05) is 33.2 Å². The minimum atomic E-state index is -1.17. The zero-order valence-electron chi connectivity index (χ0n) is 23.7. The molecule has 5 bridgehead atoms. The molecule has 2 aromatic carbocycles.